The van der Waals surface area contributed by atoms with E-state index >= 15 is 0 Å². The van der Waals surface area contributed by atoms with Gasteiger partial charge in [-0.25, -0.2) is 4.98 Å². The molecule has 0 aliphatic heterocycles. The van der Waals surface area contributed by atoms with E-state index < -0.39 is 0 Å². The van der Waals surface area contributed by atoms with E-state index in [0.717, 1.165) is 29.8 Å². The molecule has 0 amide bonds. The minimum atomic E-state index is 0.165. The maximum absolute atomic E-state index is 5.79. The average molecular weight is 290 g/mol. The second kappa shape index (κ2) is 7.79. The van der Waals surface area contributed by atoms with Crippen LogP contribution in [0.1, 0.15) is 58.9 Å². The van der Waals surface area contributed by atoms with E-state index in [1.807, 2.05) is 19.9 Å². The van der Waals surface area contributed by atoms with Crippen LogP contribution >= 0.6 is 0 Å². The summed E-state index contributed by atoms with van der Waals surface area (Å²) in [4.78, 5) is 4.36. The van der Waals surface area contributed by atoms with Crippen molar-refractivity contribution >= 4 is 0 Å². The highest BCUT2D eigenvalue weighted by molar-refractivity contribution is 5.25. The molecule has 1 aliphatic carbocycles. The Morgan fingerprint density at radius 2 is 2.10 bits per heavy atom. The van der Waals surface area contributed by atoms with E-state index in [9.17, 15) is 0 Å². The van der Waals surface area contributed by atoms with Gasteiger partial charge in [0.05, 0.1) is 6.10 Å². The summed E-state index contributed by atoms with van der Waals surface area (Å²) in [5, 5.41) is 3.72. The Balaban J connectivity index is 1.90. The van der Waals surface area contributed by atoms with Crippen LogP contribution in [0.2, 0.25) is 0 Å². The molecule has 0 radical (unpaired) electrons. The van der Waals surface area contributed by atoms with Gasteiger partial charge in [0.2, 0.25) is 5.88 Å². The molecule has 1 aromatic rings. The van der Waals surface area contributed by atoms with Gasteiger partial charge in [-0.05, 0) is 44.6 Å². The number of nitrogens with one attached hydrogen (secondary N) is 1. The van der Waals surface area contributed by atoms with Crippen molar-refractivity contribution in [3.05, 3.63) is 23.9 Å². The third-order valence-corrected chi connectivity index (χ3v) is 4.44. The molecule has 2 atom stereocenters. The molecule has 3 heteroatoms. The molecule has 1 aliphatic rings. The van der Waals surface area contributed by atoms with Gasteiger partial charge < -0.3 is 10.1 Å². The smallest absolute Gasteiger partial charge is 0.218 e. The van der Waals surface area contributed by atoms with Gasteiger partial charge in [0, 0.05) is 24.3 Å². The Kier molecular flexibility index (Phi) is 6.04. The van der Waals surface area contributed by atoms with Crippen molar-refractivity contribution < 1.29 is 4.74 Å². The van der Waals surface area contributed by atoms with Crippen molar-refractivity contribution in [3.63, 3.8) is 0 Å². The van der Waals surface area contributed by atoms with Gasteiger partial charge in [-0.15, -0.1) is 0 Å². The predicted octanol–water partition coefficient (Wildman–Crippen LogP) is 4.17. The standard InChI is InChI=1S/C18H30N2O/c1-13(2)15-7-5-9-17(11-15)20-12-16-8-6-10-19-18(16)21-14(3)4/h6,8,10,13-15,17,20H,5,7,9,11-12H2,1-4H3. The van der Waals surface area contributed by atoms with Gasteiger partial charge in [0.25, 0.3) is 0 Å². The Morgan fingerprint density at radius 3 is 2.81 bits per heavy atom. The van der Waals surface area contributed by atoms with Gasteiger partial charge in [0.1, 0.15) is 0 Å². The van der Waals surface area contributed by atoms with Gasteiger partial charge in [-0.3, -0.25) is 0 Å². The molecule has 1 fully saturated rings. The lowest BCUT2D eigenvalue weighted by Crippen LogP contribution is -2.35. The number of hydrogen-bond donors (Lipinski definition) is 1. The van der Waals surface area contributed by atoms with E-state index in [1.54, 1.807) is 6.20 Å². The Bertz CT molecular complexity index is 431. The van der Waals surface area contributed by atoms with Crippen molar-refractivity contribution in [3.8, 4) is 5.88 Å². The number of ether oxygens (including phenoxy) is 1. The van der Waals surface area contributed by atoms with Crippen molar-refractivity contribution in [1.82, 2.24) is 10.3 Å². The highest BCUT2D eigenvalue weighted by atomic mass is 16.5. The van der Waals surface area contributed by atoms with Gasteiger partial charge in [-0.2, -0.15) is 0 Å². The quantitative estimate of drug-likeness (QED) is 0.853. The first kappa shape index (κ1) is 16.3. The van der Waals surface area contributed by atoms with E-state index in [0.29, 0.717) is 6.04 Å². The lowest BCUT2D eigenvalue weighted by molar-refractivity contribution is 0.221. The van der Waals surface area contributed by atoms with Crippen LogP contribution in [0.5, 0.6) is 5.88 Å². The average Bonchev–Trinajstić information content (AvgIpc) is 2.46. The summed E-state index contributed by atoms with van der Waals surface area (Å²) in [6.07, 6.45) is 7.31. The minimum Gasteiger partial charge on any atom is -0.475 e. The van der Waals surface area contributed by atoms with Crippen molar-refractivity contribution in [2.24, 2.45) is 11.8 Å². The fraction of sp³-hybridized carbons (Fsp3) is 0.722. The zero-order chi connectivity index (χ0) is 15.2. The number of nitrogens with zero attached hydrogens (tertiary/aromatic N) is 1. The molecule has 3 nitrogen and oxygen atoms in total. The number of pyridine rings is 1. The molecule has 0 bridgehead atoms. The van der Waals surface area contributed by atoms with E-state index in [1.165, 1.54) is 25.7 Å². The number of aromatic nitrogens is 1. The van der Waals surface area contributed by atoms with E-state index in [-0.39, 0.29) is 6.10 Å². The zero-order valence-electron chi connectivity index (χ0n) is 13.9. The fourth-order valence-electron chi connectivity index (χ4n) is 3.16. The lowest BCUT2D eigenvalue weighted by atomic mass is 9.79. The molecule has 1 aromatic heterocycles. The Morgan fingerprint density at radius 1 is 1.29 bits per heavy atom. The first-order chi connectivity index (χ1) is 10.1. The molecule has 21 heavy (non-hydrogen) atoms. The summed E-state index contributed by atoms with van der Waals surface area (Å²) in [6, 6.07) is 4.74. The maximum atomic E-state index is 5.79. The molecule has 1 saturated carbocycles. The summed E-state index contributed by atoms with van der Waals surface area (Å²) >= 11 is 0. The SMILES string of the molecule is CC(C)Oc1ncccc1CNC1CCCC(C(C)C)C1. The summed E-state index contributed by atoms with van der Waals surface area (Å²) in [7, 11) is 0. The molecule has 1 heterocycles. The molecule has 0 spiro atoms. The number of rotatable bonds is 6. The van der Waals surface area contributed by atoms with Crippen LogP contribution in [0.15, 0.2) is 18.3 Å². The molecule has 1 N–H and O–H groups in total. The normalized spacial score (nSPS) is 22.8. The first-order valence-corrected chi connectivity index (χ1v) is 8.40. The molecule has 0 aromatic carbocycles. The highest BCUT2D eigenvalue weighted by Crippen LogP contribution is 2.30. The van der Waals surface area contributed by atoms with E-state index in [2.05, 4.69) is 30.2 Å². The van der Waals surface area contributed by atoms with Crippen LogP contribution in [0.25, 0.3) is 0 Å². The Hall–Kier alpha value is -1.09. The van der Waals surface area contributed by atoms with Crippen molar-refractivity contribution in [2.75, 3.05) is 0 Å². The maximum Gasteiger partial charge on any atom is 0.218 e. The summed E-state index contributed by atoms with van der Waals surface area (Å²) in [6.45, 7) is 9.64. The largest absolute Gasteiger partial charge is 0.475 e. The topological polar surface area (TPSA) is 34.1 Å². The van der Waals surface area contributed by atoms with Crippen LogP contribution in [0.4, 0.5) is 0 Å². The predicted molar refractivity (Wildman–Crippen MR) is 87.4 cm³/mol. The zero-order valence-corrected chi connectivity index (χ0v) is 13.9. The third kappa shape index (κ3) is 4.99. The van der Waals surface area contributed by atoms with Gasteiger partial charge in [0.15, 0.2) is 0 Å². The summed E-state index contributed by atoms with van der Waals surface area (Å²) in [5.41, 5.74) is 1.16. The molecular formula is C18H30N2O. The second-order valence-corrected chi connectivity index (χ2v) is 6.88. The highest BCUT2D eigenvalue weighted by Gasteiger charge is 2.23. The molecular weight excluding hydrogens is 260 g/mol. The molecule has 118 valence electrons. The molecule has 0 saturated heterocycles. The Labute approximate surface area is 129 Å². The van der Waals surface area contributed by atoms with Gasteiger partial charge in [-0.1, -0.05) is 32.8 Å². The lowest BCUT2D eigenvalue weighted by Gasteiger charge is -2.32. The third-order valence-electron chi connectivity index (χ3n) is 4.44. The van der Waals surface area contributed by atoms with Crippen LogP contribution in [-0.4, -0.2) is 17.1 Å². The van der Waals surface area contributed by atoms with Crippen LogP contribution < -0.4 is 10.1 Å². The fourth-order valence-corrected chi connectivity index (χ4v) is 3.16. The van der Waals surface area contributed by atoms with Crippen molar-refractivity contribution in [1.29, 1.82) is 0 Å². The minimum absolute atomic E-state index is 0.165. The summed E-state index contributed by atoms with van der Waals surface area (Å²) < 4.78 is 5.79. The van der Waals surface area contributed by atoms with Crippen molar-refractivity contribution in [2.45, 2.75) is 72.1 Å². The van der Waals surface area contributed by atoms with Crippen LogP contribution in [-0.2, 0) is 6.54 Å². The van der Waals surface area contributed by atoms with Crippen LogP contribution in [0, 0.1) is 11.8 Å². The molecule has 2 rings (SSSR count). The molecule has 2 unspecified atom stereocenters. The van der Waals surface area contributed by atoms with Gasteiger partial charge >= 0.3 is 0 Å². The summed E-state index contributed by atoms with van der Waals surface area (Å²) in [5.74, 6) is 2.44. The monoisotopic (exact) mass is 290 g/mol. The van der Waals surface area contributed by atoms with E-state index in [4.69, 9.17) is 4.74 Å². The second-order valence-electron chi connectivity index (χ2n) is 6.88. The van der Waals surface area contributed by atoms with Crippen LogP contribution in [0.3, 0.4) is 0 Å². The number of hydrogen-bond acceptors (Lipinski definition) is 3. The first-order valence-electron chi connectivity index (χ1n) is 8.40.